The Hall–Kier alpha value is -0.180. The summed E-state index contributed by atoms with van der Waals surface area (Å²) in [6.45, 7) is 8.47. The van der Waals surface area contributed by atoms with Crippen molar-refractivity contribution in [1.82, 2.24) is 4.31 Å². The largest absolute Gasteiger partial charge is 0.307 e. The average Bonchev–Trinajstić information content (AvgIpc) is 2.40. The van der Waals surface area contributed by atoms with E-state index in [-0.39, 0.29) is 0 Å². The lowest BCUT2D eigenvalue weighted by Crippen LogP contribution is -2.13. The van der Waals surface area contributed by atoms with Gasteiger partial charge in [-0.2, -0.15) is 0 Å². The maximum atomic E-state index is 4.28. The minimum atomic E-state index is 0.884. The third-order valence-corrected chi connectivity index (χ3v) is 4.12. The van der Waals surface area contributed by atoms with Crippen molar-refractivity contribution >= 4 is 18.3 Å². The van der Waals surface area contributed by atoms with Gasteiger partial charge in [-0.05, 0) is 32.2 Å². The SMILES string of the molecule is CCCCCCCCCCSN(C=NCC)CC. The van der Waals surface area contributed by atoms with E-state index in [9.17, 15) is 0 Å². The highest BCUT2D eigenvalue weighted by Crippen LogP contribution is 2.13. The summed E-state index contributed by atoms with van der Waals surface area (Å²) in [6.07, 6.45) is 13.2. The van der Waals surface area contributed by atoms with Crippen LogP contribution in [0, 0.1) is 0 Å². The van der Waals surface area contributed by atoms with E-state index in [1.165, 1.54) is 57.1 Å². The molecule has 0 N–H and O–H groups in total. The molecule has 0 aromatic rings. The zero-order chi connectivity index (χ0) is 13.5. The molecule has 0 aromatic carbocycles. The third kappa shape index (κ3) is 12.3. The first-order chi connectivity index (χ1) is 8.85. The number of rotatable bonds is 13. The summed E-state index contributed by atoms with van der Waals surface area (Å²) in [5.41, 5.74) is 0. The van der Waals surface area contributed by atoms with Gasteiger partial charge in [-0.1, -0.05) is 51.9 Å². The van der Waals surface area contributed by atoms with E-state index in [4.69, 9.17) is 0 Å². The molecule has 3 heteroatoms. The highest BCUT2D eigenvalue weighted by atomic mass is 32.2. The molecule has 108 valence electrons. The second kappa shape index (κ2) is 14.9. The monoisotopic (exact) mass is 272 g/mol. The van der Waals surface area contributed by atoms with Crippen molar-refractivity contribution in [2.45, 2.75) is 72.1 Å². The van der Waals surface area contributed by atoms with E-state index >= 15 is 0 Å². The Labute approximate surface area is 119 Å². The molecule has 0 bridgehead atoms. The van der Waals surface area contributed by atoms with E-state index in [0.717, 1.165) is 13.1 Å². The Morgan fingerprint density at radius 2 is 1.50 bits per heavy atom. The number of unbranched alkanes of at least 4 members (excludes halogenated alkanes) is 7. The average molecular weight is 273 g/mol. The Balaban J connectivity index is 3.25. The van der Waals surface area contributed by atoms with Gasteiger partial charge in [0.05, 0.1) is 6.34 Å². The van der Waals surface area contributed by atoms with Crippen LogP contribution in [0.1, 0.15) is 72.1 Å². The molecule has 0 atom stereocenters. The first-order valence-electron chi connectivity index (χ1n) is 7.74. The lowest BCUT2D eigenvalue weighted by Gasteiger charge is -2.15. The highest BCUT2D eigenvalue weighted by Gasteiger charge is 1.97. The van der Waals surface area contributed by atoms with Gasteiger partial charge < -0.3 is 4.31 Å². The summed E-state index contributed by atoms with van der Waals surface area (Å²) in [5.74, 6) is 1.23. The lowest BCUT2D eigenvalue weighted by molar-refractivity contribution is 0.585. The molecule has 0 aromatic heterocycles. The molecule has 0 saturated heterocycles. The minimum absolute atomic E-state index is 0.884. The minimum Gasteiger partial charge on any atom is -0.307 e. The van der Waals surface area contributed by atoms with Crippen LogP contribution in [0.15, 0.2) is 4.99 Å². The fourth-order valence-corrected chi connectivity index (χ4v) is 2.68. The van der Waals surface area contributed by atoms with E-state index < -0.39 is 0 Å². The smallest absolute Gasteiger partial charge is 0.0948 e. The normalized spacial score (nSPS) is 11.3. The molecule has 0 aliphatic rings. The van der Waals surface area contributed by atoms with E-state index in [1.54, 1.807) is 0 Å². The van der Waals surface area contributed by atoms with Crippen LogP contribution < -0.4 is 0 Å². The van der Waals surface area contributed by atoms with Gasteiger partial charge in [0, 0.05) is 18.8 Å². The topological polar surface area (TPSA) is 15.6 Å². The maximum Gasteiger partial charge on any atom is 0.0948 e. The molecule has 0 heterocycles. The van der Waals surface area contributed by atoms with Gasteiger partial charge >= 0.3 is 0 Å². The Morgan fingerprint density at radius 3 is 2.06 bits per heavy atom. The molecule has 0 unspecified atom stereocenters. The van der Waals surface area contributed by atoms with Crippen molar-refractivity contribution in [3.05, 3.63) is 0 Å². The van der Waals surface area contributed by atoms with Gasteiger partial charge in [-0.25, -0.2) is 0 Å². The molecule has 0 radical (unpaired) electrons. The molecule has 0 amide bonds. The molecular formula is C15H32N2S. The van der Waals surface area contributed by atoms with Crippen LogP contribution in [0.2, 0.25) is 0 Å². The van der Waals surface area contributed by atoms with Crippen molar-refractivity contribution in [3.8, 4) is 0 Å². The van der Waals surface area contributed by atoms with Crippen LogP contribution in [0.25, 0.3) is 0 Å². The Kier molecular flexibility index (Phi) is 14.7. The predicted octanol–water partition coefficient (Wildman–Crippen LogP) is 5.15. The summed E-state index contributed by atoms with van der Waals surface area (Å²) in [7, 11) is 0. The second-order valence-corrected chi connectivity index (χ2v) is 5.79. The maximum absolute atomic E-state index is 4.28. The third-order valence-electron chi connectivity index (χ3n) is 2.96. The van der Waals surface area contributed by atoms with E-state index in [1.807, 2.05) is 18.3 Å². The van der Waals surface area contributed by atoms with Gasteiger partial charge in [-0.3, -0.25) is 4.99 Å². The van der Waals surface area contributed by atoms with Crippen LogP contribution in [0.5, 0.6) is 0 Å². The number of hydrogen-bond donors (Lipinski definition) is 0. The van der Waals surface area contributed by atoms with Crippen LogP contribution in [-0.4, -0.2) is 29.5 Å². The molecule has 2 nitrogen and oxygen atoms in total. The number of hydrogen-bond acceptors (Lipinski definition) is 2. The second-order valence-electron chi connectivity index (χ2n) is 4.66. The van der Waals surface area contributed by atoms with Crippen LogP contribution >= 0.6 is 11.9 Å². The van der Waals surface area contributed by atoms with Gasteiger partial charge in [0.15, 0.2) is 0 Å². The number of aliphatic imine (C=N–C) groups is 1. The molecule has 0 aliphatic heterocycles. The zero-order valence-electron chi connectivity index (χ0n) is 12.7. The fraction of sp³-hybridized carbons (Fsp3) is 0.933. The van der Waals surface area contributed by atoms with Gasteiger partial charge in [-0.15, -0.1) is 0 Å². The zero-order valence-corrected chi connectivity index (χ0v) is 13.5. The van der Waals surface area contributed by atoms with Crippen LogP contribution in [0.3, 0.4) is 0 Å². The van der Waals surface area contributed by atoms with Crippen LogP contribution in [-0.2, 0) is 0 Å². The summed E-state index contributed by atoms with van der Waals surface area (Å²) in [4.78, 5) is 4.28. The molecule has 0 saturated carbocycles. The molecule has 0 spiro atoms. The van der Waals surface area contributed by atoms with Gasteiger partial charge in [0.25, 0.3) is 0 Å². The first kappa shape index (κ1) is 17.8. The lowest BCUT2D eigenvalue weighted by atomic mass is 10.1. The quantitative estimate of drug-likeness (QED) is 0.199. The molecular weight excluding hydrogens is 240 g/mol. The van der Waals surface area contributed by atoms with Crippen molar-refractivity contribution < 1.29 is 0 Å². The molecule has 0 fully saturated rings. The summed E-state index contributed by atoms with van der Waals surface area (Å²) in [5, 5.41) is 0. The first-order valence-corrected chi connectivity index (χ1v) is 8.68. The van der Waals surface area contributed by atoms with Crippen molar-refractivity contribution in [1.29, 1.82) is 0 Å². The standard InChI is InChI=1S/C15H32N2S/c1-4-7-8-9-10-11-12-13-14-18-17(6-3)15-16-5-2/h15H,4-14H2,1-3H3. The molecule has 18 heavy (non-hydrogen) atoms. The molecule has 0 aliphatic carbocycles. The van der Waals surface area contributed by atoms with Gasteiger partial charge in [0.2, 0.25) is 0 Å². The fourth-order valence-electron chi connectivity index (χ4n) is 1.80. The number of nitrogens with zero attached hydrogens (tertiary/aromatic N) is 2. The predicted molar refractivity (Wildman–Crippen MR) is 86.5 cm³/mol. The van der Waals surface area contributed by atoms with E-state index in [0.29, 0.717) is 0 Å². The molecule has 0 rings (SSSR count). The Morgan fingerprint density at radius 1 is 0.889 bits per heavy atom. The van der Waals surface area contributed by atoms with Crippen molar-refractivity contribution in [2.75, 3.05) is 18.8 Å². The van der Waals surface area contributed by atoms with Gasteiger partial charge in [0.1, 0.15) is 0 Å². The van der Waals surface area contributed by atoms with Crippen molar-refractivity contribution in [2.24, 2.45) is 4.99 Å². The summed E-state index contributed by atoms with van der Waals surface area (Å²) in [6, 6.07) is 0. The van der Waals surface area contributed by atoms with Crippen LogP contribution in [0.4, 0.5) is 0 Å². The highest BCUT2D eigenvalue weighted by molar-refractivity contribution is 7.97. The summed E-state index contributed by atoms with van der Waals surface area (Å²) >= 11 is 1.92. The van der Waals surface area contributed by atoms with E-state index in [2.05, 4.69) is 30.1 Å². The summed E-state index contributed by atoms with van der Waals surface area (Å²) < 4.78 is 2.24. The van der Waals surface area contributed by atoms with Crippen molar-refractivity contribution in [3.63, 3.8) is 0 Å². The Bertz CT molecular complexity index is 183.